The molecule has 70 valence electrons. The van der Waals surface area contributed by atoms with Crippen molar-refractivity contribution in [3.8, 4) is 0 Å². The van der Waals surface area contributed by atoms with Crippen molar-refractivity contribution in [3.63, 3.8) is 0 Å². The first-order chi connectivity index (χ1) is 6.29. The van der Waals surface area contributed by atoms with Crippen LogP contribution in [0.5, 0.6) is 0 Å². The van der Waals surface area contributed by atoms with Gasteiger partial charge in [0.05, 0.1) is 17.7 Å². The van der Waals surface area contributed by atoms with Crippen LogP contribution in [0.2, 0.25) is 0 Å². The van der Waals surface area contributed by atoms with Gasteiger partial charge in [0.2, 0.25) is 0 Å². The lowest BCUT2D eigenvalue weighted by atomic mass is 10.2. The summed E-state index contributed by atoms with van der Waals surface area (Å²) in [4.78, 5) is 4.34. The highest BCUT2D eigenvalue weighted by atomic mass is 15.0. The number of hydrogen-bond acceptors (Lipinski definition) is 1. The number of imidazole rings is 1. The third kappa shape index (κ3) is 2.31. The molecule has 0 atom stereocenters. The monoisotopic (exact) mass is 176 g/mol. The molecular weight excluding hydrogens is 160 g/mol. The number of aryl methyl sites for hydroxylation is 2. The van der Waals surface area contributed by atoms with E-state index in [2.05, 4.69) is 17.6 Å². The van der Waals surface area contributed by atoms with E-state index in [9.17, 15) is 0 Å². The normalized spacial score (nSPS) is 10.9. The Morgan fingerprint density at radius 1 is 1.62 bits per heavy atom. The van der Waals surface area contributed by atoms with Crippen LogP contribution >= 0.6 is 0 Å². The molecule has 1 rings (SSSR count). The summed E-state index contributed by atoms with van der Waals surface area (Å²) in [5.41, 5.74) is 2.35. The van der Waals surface area contributed by atoms with E-state index in [0.29, 0.717) is 0 Å². The molecule has 1 aromatic heterocycles. The Hall–Kier alpha value is -1.31. The summed E-state index contributed by atoms with van der Waals surface area (Å²) >= 11 is 0. The molecular formula is C11H16N2. The summed E-state index contributed by atoms with van der Waals surface area (Å²) in [6, 6.07) is 0. The number of aromatic nitrogens is 2. The zero-order valence-electron chi connectivity index (χ0n) is 8.33. The molecule has 0 unspecified atom stereocenters. The van der Waals surface area contributed by atoms with Gasteiger partial charge in [0.1, 0.15) is 0 Å². The van der Waals surface area contributed by atoms with Crippen LogP contribution in [0, 0.1) is 0 Å². The van der Waals surface area contributed by atoms with Crippen molar-refractivity contribution in [2.24, 2.45) is 7.05 Å². The molecule has 0 aliphatic carbocycles. The van der Waals surface area contributed by atoms with E-state index in [-0.39, 0.29) is 0 Å². The van der Waals surface area contributed by atoms with Crippen LogP contribution in [-0.4, -0.2) is 9.55 Å². The third-order valence-electron chi connectivity index (χ3n) is 1.97. The summed E-state index contributed by atoms with van der Waals surface area (Å²) in [6.45, 7) is 5.72. The Labute approximate surface area is 79.6 Å². The summed E-state index contributed by atoms with van der Waals surface area (Å²) in [5, 5.41) is 0. The predicted molar refractivity (Wildman–Crippen MR) is 56.4 cm³/mol. The smallest absolute Gasteiger partial charge is 0.0951 e. The Morgan fingerprint density at radius 2 is 2.38 bits per heavy atom. The Balaban J connectivity index is 2.86. The molecule has 1 aromatic rings. The predicted octanol–water partition coefficient (Wildman–Crippen LogP) is 2.57. The first-order valence-electron chi connectivity index (χ1n) is 4.53. The van der Waals surface area contributed by atoms with Crippen molar-refractivity contribution in [1.82, 2.24) is 9.55 Å². The lowest BCUT2D eigenvalue weighted by molar-refractivity contribution is 0.895. The van der Waals surface area contributed by atoms with Crippen molar-refractivity contribution in [1.29, 1.82) is 0 Å². The fourth-order valence-electron chi connectivity index (χ4n) is 1.29. The third-order valence-corrected chi connectivity index (χ3v) is 1.97. The Kier molecular flexibility index (Phi) is 3.50. The van der Waals surface area contributed by atoms with Crippen molar-refractivity contribution >= 4 is 6.08 Å². The topological polar surface area (TPSA) is 17.8 Å². The van der Waals surface area contributed by atoms with E-state index in [1.807, 2.05) is 37.0 Å². The van der Waals surface area contributed by atoms with Gasteiger partial charge in [0.15, 0.2) is 0 Å². The van der Waals surface area contributed by atoms with E-state index in [4.69, 9.17) is 0 Å². The van der Waals surface area contributed by atoms with E-state index >= 15 is 0 Å². The molecule has 13 heavy (non-hydrogen) atoms. The van der Waals surface area contributed by atoms with Crippen LogP contribution < -0.4 is 0 Å². The molecule has 0 radical (unpaired) electrons. The SMILES string of the molecule is C=CCCc1ncn(C)c1/C=C\C. The van der Waals surface area contributed by atoms with Crippen LogP contribution in [0.25, 0.3) is 6.08 Å². The summed E-state index contributed by atoms with van der Waals surface area (Å²) in [5.74, 6) is 0. The molecule has 0 bridgehead atoms. The molecule has 0 amide bonds. The Bertz CT molecular complexity index is 308. The fourth-order valence-corrected chi connectivity index (χ4v) is 1.29. The molecule has 0 N–H and O–H groups in total. The van der Waals surface area contributed by atoms with Gasteiger partial charge in [-0.05, 0) is 25.8 Å². The second-order valence-corrected chi connectivity index (χ2v) is 3.01. The maximum absolute atomic E-state index is 4.34. The lowest BCUT2D eigenvalue weighted by Crippen LogP contribution is -1.92. The van der Waals surface area contributed by atoms with Gasteiger partial charge in [0.25, 0.3) is 0 Å². The summed E-state index contributed by atoms with van der Waals surface area (Å²) in [7, 11) is 2.01. The number of hydrogen-bond donors (Lipinski definition) is 0. The molecule has 0 spiro atoms. The lowest BCUT2D eigenvalue weighted by Gasteiger charge is -1.98. The van der Waals surface area contributed by atoms with Gasteiger partial charge < -0.3 is 4.57 Å². The first kappa shape index (κ1) is 9.78. The standard InChI is InChI=1S/C11H16N2/c1-4-6-8-10-11(7-5-2)13(3)9-12-10/h4-5,7,9H,1,6,8H2,2-3H3/b7-5-. The second kappa shape index (κ2) is 4.65. The summed E-state index contributed by atoms with van der Waals surface area (Å²) < 4.78 is 2.04. The van der Waals surface area contributed by atoms with Gasteiger partial charge in [0, 0.05) is 7.05 Å². The van der Waals surface area contributed by atoms with E-state index in [0.717, 1.165) is 18.5 Å². The van der Waals surface area contributed by atoms with Crippen molar-refractivity contribution in [3.05, 3.63) is 36.4 Å². The van der Waals surface area contributed by atoms with Crippen LogP contribution in [0.15, 0.2) is 25.1 Å². The van der Waals surface area contributed by atoms with Gasteiger partial charge in [-0.25, -0.2) is 4.98 Å². The van der Waals surface area contributed by atoms with E-state index < -0.39 is 0 Å². The van der Waals surface area contributed by atoms with Crippen LogP contribution in [0.3, 0.4) is 0 Å². The molecule has 2 heteroatoms. The average molecular weight is 176 g/mol. The number of nitrogens with zero attached hydrogens (tertiary/aromatic N) is 2. The van der Waals surface area contributed by atoms with Crippen LogP contribution in [0.4, 0.5) is 0 Å². The average Bonchev–Trinajstić information content (AvgIpc) is 2.46. The number of allylic oxidation sites excluding steroid dienone is 2. The van der Waals surface area contributed by atoms with Crippen molar-refractivity contribution in [2.45, 2.75) is 19.8 Å². The van der Waals surface area contributed by atoms with Gasteiger partial charge in [-0.2, -0.15) is 0 Å². The highest BCUT2D eigenvalue weighted by Gasteiger charge is 2.03. The second-order valence-electron chi connectivity index (χ2n) is 3.01. The van der Waals surface area contributed by atoms with Gasteiger partial charge in [-0.15, -0.1) is 6.58 Å². The maximum atomic E-state index is 4.34. The van der Waals surface area contributed by atoms with E-state index in [1.54, 1.807) is 0 Å². The summed E-state index contributed by atoms with van der Waals surface area (Å²) in [6.07, 6.45) is 9.87. The zero-order valence-corrected chi connectivity index (χ0v) is 8.33. The first-order valence-corrected chi connectivity index (χ1v) is 4.53. The quantitative estimate of drug-likeness (QED) is 0.645. The molecule has 0 saturated heterocycles. The molecule has 1 heterocycles. The molecule has 2 nitrogen and oxygen atoms in total. The number of rotatable bonds is 4. The highest BCUT2D eigenvalue weighted by molar-refractivity contribution is 5.47. The minimum absolute atomic E-state index is 0.976. The van der Waals surface area contributed by atoms with Crippen molar-refractivity contribution < 1.29 is 0 Å². The van der Waals surface area contributed by atoms with Crippen LogP contribution in [0.1, 0.15) is 24.7 Å². The van der Waals surface area contributed by atoms with E-state index in [1.165, 1.54) is 5.69 Å². The Morgan fingerprint density at radius 3 is 3.00 bits per heavy atom. The van der Waals surface area contributed by atoms with Gasteiger partial charge in [-0.3, -0.25) is 0 Å². The highest BCUT2D eigenvalue weighted by Crippen LogP contribution is 2.10. The van der Waals surface area contributed by atoms with Crippen molar-refractivity contribution in [2.75, 3.05) is 0 Å². The molecule has 0 aliphatic heterocycles. The molecule has 0 aromatic carbocycles. The van der Waals surface area contributed by atoms with Gasteiger partial charge in [-0.1, -0.05) is 12.2 Å². The zero-order chi connectivity index (χ0) is 9.68. The minimum Gasteiger partial charge on any atom is -0.334 e. The fraction of sp³-hybridized carbons (Fsp3) is 0.364. The minimum atomic E-state index is 0.976. The molecule has 0 fully saturated rings. The van der Waals surface area contributed by atoms with Gasteiger partial charge >= 0.3 is 0 Å². The maximum Gasteiger partial charge on any atom is 0.0951 e. The molecule has 0 saturated carbocycles. The van der Waals surface area contributed by atoms with Crippen LogP contribution in [-0.2, 0) is 13.5 Å². The largest absolute Gasteiger partial charge is 0.334 e. The molecule has 0 aliphatic rings.